The summed E-state index contributed by atoms with van der Waals surface area (Å²) in [6.45, 7) is 8.07. The number of benzene rings is 2. The summed E-state index contributed by atoms with van der Waals surface area (Å²) < 4.78 is 6.40. The van der Waals surface area contributed by atoms with Gasteiger partial charge in [-0.2, -0.15) is 0 Å². The molecule has 2 spiro atoms. The van der Waals surface area contributed by atoms with E-state index in [1.165, 1.54) is 28.1 Å². The molecule has 0 saturated carbocycles. The van der Waals surface area contributed by atoms with Crippen LogP contribution in [0.25, 0.3) is 0 Å². The first-order chi connectivity index (χ1) is 17.9. The Bertz CT molecular complexity index is 1400. The van der Waals surface area contributed by atoms with E-state index in [9.17, 15) is 4.79 Å². The van der Waals surface area contributed by atoms with Gasteiger partial charge in [0.05, 0.1) is 23.2 Å². The van der Waals surface area contributed by atoms with E-state index >= 15 is 0 Å². The van der Waals surface area contributed by atoms with Crippen LogP contribution < -0.4 is 10.6 Å². The molecule has 2 N–H and O–H groups in total. The highest BCUT2D eigenvalue weighted by Crippen LogP contribution is 2.71. The second-order valence-electron chi connectivity index (χ2n) is 12.1. The van der Waals surface area contributed by atoms with Gasteiger partial charge in [-0.3, -0.25) is 9.69 Å². The van der Waals surface area contributed by atoms with E-state index in [4.69, 9.17) is 4.74 Å². The van der Waals surface area contributed by atoms with Crippen LogP contribution in [0.3, 0.4) is 0 Å². The van der Waals surface area contributed by atoms with Crippen LogP contribution in [0.5, 0.6) is 0 Å². The number of piperidine rings is 1. The quantitative estimate of drug-likeness (QED) is 0.369. The first-order valence-corrected chi connectivity index (χ1v) is 13.7. The monoisotopic (exact) mass is 494 g/mol. The summed E-state index contributed by atoms with van der Waals surface area (Å²) in [5.74, 6) is 0.0986. The first kappa shape index (κ1) is 21.9. The fourth-order valence-electron chi connectivity index (χ4n) is 8.94. The fourth-order valence-corrected chi connectivity index (χ4v) is 8.94. The van der Waals surface area contributed by atoms with Crippen LogP contribution >= 0.6 is 0 Å². The Morgan fingerprint density at radius 3 is 2.57 bits per heavy atom. The number of allylic oxidation sites excluding steroid dienone is 3. The van der Waals surface area contributed by atoms with Gasteiger partial charge in [0.25, 0.3) is 0 Å². The van der Waals surface area contributed by atoms with Crippen LogP contribution in [-0.4, -0.2) is 52.8 Å². The Morgan fingerprint density at radius 1 is 1.00 bits per heavy atom. The average molecular weight is 495 g/mol. The topological polar surface area (TPSA) is 60.1 Å². The molecule has 1 amide bonds. The molecule has 6 heterocycles. The first-order valence-electron chi connectivity index (χ1n) is 13.7. The standard InChI is InChI=1S/C31H34N4O2/c1-4-5-6-14-23(36)34-17-15-30-20-11-7-8-12-21(20)32-27-31(30)16-18-35(28(30)34)25(26-29(2,3)37-26)19-10-9-13-22(33-27)24(19)31/h4-14,25-28,32-33H,15-18H2,1-3H3/b5-4+,14-6+/t25-,26?,27+,28+,30-,31-/m1/s1. The van der Waals surface area contributed by atoms with Crippen LogP contribution in [0.4, 0.5) is 11.4 Å². The summed E-state index contributed by atoms with van der Waals surface area (Å²) in [5, 5.41) is 7.85. The van der Waals surface area contributed by atoms with E-state index in [2.05, 4.69) is 76.7 Å². The minimum absolute atomic E-state index is 0.0418. The third-order valence-corrected chi connectivity index (χ3v) is 10.2. The van der Waals surface area contributed by atoms with Gasteiger partial charge in [-0.1, -0.05) is 48.6 Å². The number of hydrogen-bond donors (Lipinski definition) is 2. The zero-order chi connectivity index (χ0) is 25.2. The van der Waals surface area contributed by atoms with Crippen molar-refractivity contribution in [2.75, 3.05) is 23.7 Å². The average Bonchev–Trinajstić information content (AvgIpc) is 3.24. The molecule has 2 aromatic carbocycles. The second kappa shape index (κ2) is 7.06. The molecule has 2 unspecified atom stereocenters. The molecule has 2 bridgehead atoms. The molecule has 37 heavy (non-hydrogen) atoms. The summed E-state index contributed by atoms with van der Waals surface area (Å²) in [6.07, 6.45) is 9.67. The minimum atomic E-state index is -0.218. The van der Waals surface area contributed by atoms with E-state index in [-0.39, 0.29) is 46.8 Å². The summed E-state index contributed by atoms with van der Waals surface area (Å²) in [6, 6.07) is 15.7. The van der Waals surface area contributed by atoms with Gasteiger partial charge in [0.1, 0.15) is 12.3 Å². The molecule has 2 aromatic rings. The van der Waals surface area contributed by atoms with Gasteiger partial charge in [0, 0.05) is 36.0 Å². The molecular formula is C31H34N4O2. The van der Waals surface area contributed by atoms with E-state index in [1.807, 2.05) is 25.2 Å². The maximum absolute atomic E-state index is 13.8. The Balaban J connectivity index is 1.42. The number of amides is 1. The van der Waals surface area contributed by atoms with Crippen molar-refractivity contribution in [3.8, 4) is 0 Å². The molecule has 7 atom stereocenters. The van der Waals surface area contributed by atoms with Crippen molar-refractivity contribution in [2.45, 2.75) is 74.5 Å². The van der Waals surface area contributed by atoms with Crippen LogP contribution in [0.15, 0.2) is 66.8 Å². The van der Waals surface area contributed by atoms with Crippen LogP contribution in [-0.2, 0) is 20.4 Å². The van der Waals surface area contributed by atoms with Gasteiger partial charge < -0.3 is 20.3 Å². The van der Waals surface area contributed by atoms with Crippen molar-refractivity contribution >= 4 is 17.3 Å². The second-order valence-corrected chi connectivity index (χ2v) is 12.1. The Morgan fingerprint density at radius 2 is 1.76 bits per heavy atom. The van der Waals surface area contributed by atoms with Crippen molar-refractivity contribution in [1.82, 2.24) is 9.80 Å². The summed E-state index contributed by atoms with van der Waals surface area (Å²) in [7, 11) is 0. The predicted molar refractivity (Wildman–Crippen MR) is 144 cm³/mol. The number of likely N-dealkylation sites (tertiary alicyclic amines) is 1. The molecule has 0 aliphatic carbocycles. The zero-order valence-corrected chi connectivity index (χ0v) is 21.7. The molecule has 6 aliphatic heterocycles. The predicted octanol–water partition coefficient (Wildman–Crippen LogP) is 4.67. The lowest BCUT2D eigenvalue weighted by Crippen LogP contribution is -2.72. The number of fused-ring (bicyclic) bond motifs is 1. The Labute approximate surface area is 218 Å². The number of nitrogens with zero attached hydrogens (tertiary/aromatic N) is 2. The molecule has 6 heteroatoms. The Kier molecular flexibility index (Phi) is 4.19. The van der Waals surface area contributed by atoms with Crippen molar-refractivity contribution in [3.63, 3.8) is 0 Å². The summed E-state index contributed by atoms with van der Waals surface area (Å²) in [4.78, 5) is 18.7. The molecule has 6 aliphatic rings. The normalized spacial score (nSPS) is 39.1. The molecule has 3 saturated heterocycles. The maximum atomic E-state index is 13.8. The third-order valence-electron chi connectivity index (χ3n) is 10.2. The van der Waals surface area contributed by atoms with E-state index in [0.29, 0.717) is 0 Å². The highest BCUT2D eigenvalue weighted by atomic mass is 16.6. The summed E-state index contributed by atoms with van der Waals surface area (Å²) in [5.41, 5.74) is 6.09. The van der Waals surface area contributed by atoms with Gasteiger partial charge >= 0.3 is 0 Å². The van der Waals surface area contributed by atoms with Crippen LogP contribution in [0.1, 0.15) is 56.3 Å². The minimum Gasteiger partial charge on any atom is -0.365 e. The molecule has 8 rings (SSSR count). The van der Waals surface area contributed by atoms with Gasteiger partial charge in [0.15, 0.2) is 0 Å². The maximum Gasteiger partial charge on any atom is 0.247 e. The number of nitrogens with one attached hydrogen (secondary N) is 2. The smallest absolute Gasteiger partial charge is 0.247 e. The van der Waals surface area contributed by atoms with E-state index in [1.54, 1.807) is 6.08 Å². The van der Waals surface area contributed by atoms with Gasteiger partial charge in [-0.25, -0.2) is 0 Å². The van der Waals surface area contributed by atoms with Gasteiger partial charge in [-0.05, 0) is 62.4 Å². The van der Waals surface area contributed by atoms with Crippen molar-refractivity contribution in [2.24, 2.45) is 0 Å². The van der Waals surface area contributed by atoms with Crippen molar-refractivity contribution in [3.05, 3.63) is 83.5 Å². The van der Waals surface area contributed by atoms with Crippen molar-refractivity contribution < 1.29 is 9.53 Å². The van der Waals surface area contributed by atoms with Crippen molar-refractivity contribution in [1.29, 1.82) is 0 Å². The van der Waals surface area contributed by atoms with Gasteiger partial charge in [0.2, 0.25) is 5.91 Å². The number of anilines is 2. The lowest BCUT2D eigenvalue weighted by atomic mass is 9.50. The lowest BCUT2D eigenvalue weighted by molar-refractivity contribution is -0.137. The zero-order valence-electron chi connectivity index (χ0n) is 21.7. The largest absolute Gasteiger partial charge is 0.365 e. The number of para-hydroxylation sites is 1. The number of epoxide rings is 1. The number of carbonyl (C=O) groups is 1. The number of rotatable bonds is 3. The number of ether oxygens (including phenoxy) is 1. The number of hydrogen-bond acceptors (Lipinski definition) is 5. The fraction of sp³-hybridized carbons (Fsp3) is 0.452. The van der Waals surface area contributed by atoms with Gasteiger partial charge in [-0.15, -0.1) is 0 Å². The SMILES string of the molecule is C/C=C/C=C/C(=O)N1CC[C@]23c4ccccc4N[C@H]4Nc5cccc6c5[C@]42CCN([C@H]6C2OC2(C)C)[C@H]13. The third kappa shape index (κ3) is 2.47. The highest BCUT2D eigenvalue weighted by Gasteiger charge is 2.76. The Hall–Kier alpha value is -3.09. The molecule has 3 fully saturated rings. The lowest BCUT2D eigenvalue weighted by Gasteiger charge is -2.61. The summed E-state index contributed by atoms with van der Waals surface area (Å²) >= 11 is 0. The molecule has 0 aromatic heterocycles. The highest BCUT2D eigenvalue weighted by molar-refractivity contribution is 5.89. The van der Waals surface area contributed by atoms with E-state index in [0.717, 1.165) is 25.9 Å². The molecule has 190 valence electrons. The van der Waals surface area contributed by atoms with E-state index < -0.39 is 0 Å². The molecule has 6 nitrogen and oxygen atoms in total. The van der Waals surface area contributed by atoms with Crippen LogP contribution in [0.2, 0.25) is 0 Å². The molecular weight excluding hydrogens is 460 g/mol. The number of carbonyl (C=O) groups excluding carboxylic acids is 1. The molecule has 0 radical (unpaired) electrons. The van der Waals surface area contributed by atoms with Crippen LogP contribution in [0, 0.1) is 0 Å².